The van der Waals surface area contributed by atoms with Gasteiger partial charge in [0.1, 0.15) is 5.82 Å². The Bertz CT molecular complexity index is 358. The van der Waals surface area contributed by atoms with Crippen LogP contribution in [0.25, 0.3) is 0 Å². The van der Waals surface area contributed by atoms with E-state index in [9.17, 15) is 4.39 Å². The number of halogens is 1. The molecule has 1 fully saturated rings. The molecular formula is C16H25FN2. The number of unbranched alkanes of at least 4 members (excludes halogenated alkanes) is 2. The number of hydrogen-bond acceptors (Lipinski definition) is 2. The second-order valence-corrected chi connectivity index (χ2v) is 5.35. The normalized spacial score (nSPS) is 18.4. The van der Waals surface area contributed by atoms with Gasteiger partial charge in [-0.15, -0.1) is 0 Å². The summed E-state index contributed by atoms with van der Waals surface area (Å²) in [5, 5.41) is 3.40. The van der Waals surface area contributed by atoms with Crippen LogP contribution in [0, 0.1) is 5.82 Å². The molecule has 1 heterocycles. The summed E-state index contributed by atoms with van der Waals surface area (Å²) in [5.74, 6) is -0.142. The van der Waals surface area contributed by atoms with E-state index in [-0.39, 0.29) is 5.82 Å². The molecule has 0 unspecified atom stereocenters. The first-order valence-corrected chi connectivity index (χ1v) is 7.51. The van der Waals surface area contributed by atoms with Gasteiger partial charge < -0.3 is 5.32 Å². The van der Waals surface area contributed by atoms with Crippen molar-refractivity contribution in [2.75, 3.05) is 26.2 Å². The largest absolute Gasteiger partial charge is 0.314 e. The number of hydrogen-bond donors (Lipinski definition) is 1. The van der Waals surface area contributed by atoms with E-state index in [0.717, 1.165) is 26.2 Å². The Labute approximate surface area is 116 Å². The third-order valence-electron chi connectivity index (χ3n) is 3.93. The van der Waals surface area contributed by atoms with Gasteiger partial charge in [-0.1, -0.05) is 38.3 Å². The zero-order valence-electron chi connectivity index (χ0n) is 11.9. The van der Waals surface area contributed by atoms with Crippen LogP contribution in [0.4, 0.5) is 4.39 Å². The molecule has 0 saturated carbocycles. The molecule has 0 aromatic heterocycles. The summed E-state index contributed by atoms with van der Waals surface area (Å²) in [6, 6.07) is 7.53. The average Bonchev–Trinajstić information content (AvgIpc) is 2.46. The van der Waals surface area contributed by atoms with Crippen molar-refractivity contribution >= 4 is 0 Å². The van der Waals surface area contributed by atoms with Gasteiger partial charge in [-0.2, -0.15) is 0 Å². The van der Waals surface area contributed by atoms with E-state index in [1.165, 1.54) is 31.2 Å². The van der Waals surface area contributed by atoms with Crippen LogP contribution in [0.3, 0.4) is 0 Å². The monoisotopic (exact) mass is 264 g/mol. The van der Waals surface area contributed by atoms with Gasteiger partial charge in [-0.25, -0.2) is 4.39 Å². The van der Waals surface area contributed by atoms with Crippen molar-refractivity contribution in [3.8, 4) is 0 Å². The van der Waals surface area contributed by atoms with Gasteiger partial charge in [-0.05, 0) is 24.1 Å². The summed E-state index contributed by atoms with van der Waals surface area (Å²) in [7, 11) is 0. The third-order valence-corrected chi connectivity index (χ3v) is 3.93. The molecule has 1 atom stereocenters. The lowest BCUT2D eigenvalue weighted by Crippen LogP contribution is -2.45. The maximum absolute atomic E-state index is 13.1. The van der Waals surface area contributed by atoms with Crippen LogP contribution < -0.4 is 5.32 Å². The fourth-order valence-corrected chi connectivity index (χ4v) is 2.83. The van der Waals surface area contributed by atoms with Gasteiger partial charge in [0.25, 0.3) is 0 Å². The highest BCUT2D eigenvalue weighted by atomic mass is 19.1. The summed E-state index contributed by atoms with van der Waals surface area (Å²) in [6.45, 7) is 6.54. The van der Waals surface area contributed by atoms with E-state index in [2.05, 4.69) is 17.1 Å². The molecule has 0 aliphatic carbocycles. The van der Waals surface area contributed by atoms with Crippen LogP contribution in [0.5, 0.6) is 0 Å². The van der Waals surface area contributed by atoms with E-state index in [1.54, 1.807) is 12.1 Å². The van der Waals surface area contributed by atoms with Gasteiger partial charge in [0.15, 0.2) is 0 Å². The van der Waals surface area contributed by atoms with Crippen LogP contribution in [0.15, 0.2) is 24.3 Å². The summed E-state index contributed by atoms with van der Waals surface area (Å²) in [6.07, 6.45) is 4.96. The maximum atomic E-state index is 13.1. The van der Waals surface area contributed by atoms with Crippen molar-refractivity contribution in [3.05, 3.63) is 35.6 Å². The minimum Gasteiger partial charge on any atom is -0.314 e. The molecule has 1 aromatic rings. The first-order chi connectivity index (χ1) is 9.31. The van der Waals surface area contributed by atoms with Gasteiger partial charge in [-0.3, -0.25) is 4.90 Å². The second kappa shape index (κ2) is 7.61. The highest BCUT2D eigenvalue weighted by Gasteiger charge is 2.21. The van der Waals surface area contributed by atoms with E-state index in [0.29, 0.717) is 6.04 Å². The molecule has 1 N–H and O–H groups in total. The fourth-order valence-electron chi connectivity index (χ4n) is 2.83. The third kappa shape index (κ3) is 4.29. The zero-order chi connectivity index (χ0) is 13.5. The zero-order valence-corrected chi connectivity index (χ0v) is 11.9. The standard InChI is InChI=1S/C16H25FN2/c1-2-3-4-5-16(19-12-10-18-11-13-19)14-6-8-15(17)9-7-14/h6-9,16,18H,2-5,10-13H2,1H3/t16-/m0/s1. The summed E-state index contributed by atoms with van der Waals surface area (Å²) >= 11 is 0. The van der Waals surface area contributed by atoms with E-state index < -0.39 is 0 Å². The number of piperazine rings is 1. The van der Waals surface area contributed by atoms with Crippen LogP contribution in [0.1, 0.15) is 44.2 Å². The number of nitrogens with one attached hydrogen (secondary N) is 1. The predicted octanol–water partition coefficient (Wildman–Crippen LogP) is 3.35. The van der Waals surface area contributed by atoms with Crippen molar-refractivity contribution in [2.45, 2.75) is 38.6 Å². The molecule has 1 aliphatic heterocycles. The van der Waals surface area contributed by atoms with Crippen LogP contribution in [-0.2, 0) is 0 Å². The minimum absolute atomic E-state index is 0.142. The molecule has 0 spiro atoms. The van der Waals surface area contributed by atoms with Gasteiger partial charge in [0.05, 0.1) is 0 Å². The molecule has 0 amide bonds. The van der Waals surface area contributed by atoms with E-state index >= 15 is 0 Å². The van der Waals surface area contributed by atoms with Crippen LogP contribution in [0.2, 0.25) is 0 Å². The highest BCUT2D eigenvalue weighted by molar-refractivity contribution is 5.20. The number of benzene rings is 1. The maximum Gasteiger partial charge on any atom is 0.123 e. The van der Waals surface area contributed by atoms with Crippen molar-refractivity contribution in [2.24, 2.45) is 0 Å². The first kappa shape index (κ1) is 14.5. The molecule has 0 radical (unpaired) electrons. The van der Waals surface area contributed by atoms with E-state index in [1.807, 2.05) is 12.1 Å². The van der Waals surface area contributed by atoms with Crippen molar-refractivity contribution < 1.29 is 4.39 Å². The number of nitrogens with zero attached hydrogens (tertiary/aromatic N) is 1. The molecule has 1 saturated heterocycles. The molecule has 1 aromatic carbocycles. The quantitative estimate of drug-likeness (QED) is 0.793. The van der Waals surface area contributed by atoms with Crippen LogP contribution in [-0.4, -0.2) is 31.1 Å². The topological polar surface area (TPSA) is 15.3 Å². The molecule has 0 bridgehead atoms. The number of rotatable bonds is 6. The van der Waals surface area contributed by atoms with Crippen molar-refractivity contribution in [3.63, 3.8) is 0 Å². The van der Waals surface area contributed by atoms with Gasteiger partial charge in [0.2, 0.25) is 0 Å². The second-order valence-electron chi connectivity index (χ2n) is 5.35. The highest BCUT2D eigenvalue weighted by Crippen LogP contribution is 2.27. The fraction of sp³-hybridized carbons (Fsp3) is 0.625. The first-order valence-electron chi connectivity index (χ1n) is 7.51. The summed E-state index contributed by atoms with van der Waals surface area (Å²) in [5.41, 5.74) is 1.26. The average molecular weight is 264 g/mol. The Morgan fingerprint density at radius 3 is 2.47 bits per heavy atom. The van der Waals surface area contributed by atoms with Crippen molar-refractivity contribution in [1.29, 1.82) is 0 Å². The predicted molar refractivity (Wildman–Crippen MR) is 77.7 cm³/mol. The summed E-state index contributed by atoms with van der Waals surface area (Å²) < 4.78 is 13.1. The SMILES string of the molecule is CCCCC[C@@H](c1ccc(F)cc1)N1CCNCC1. The van der Waals surface area contributed by atoms with Gasteiger partial charge in [0, 0.05) is 32.2 Å². The lowest BCUT2D eigenvalue weighted by molar-refractivity contribution is 0.162. The molecule has 19 heavy (non-hydrogen) atoms. The van der Waals surface area contributed by atoms with Gasteiger partial charge >= 0.3 is 0 Å². The smallest absolute Gasteiger partial charge is 0.123 e. The Kier molecular flexibility index (Phi) is 5.80. The minimum atomic E-state index is -0.142. The lowest BCUT2D eigenvalue weighted by atomic mass is 9.98. The molecular weight excluding hydrogens is 239 g/mol. The van der Waals surface area contributed by atoms with Crippen LogP contribution >= 0.6 is 0 Å². The Morgan fingerprint density at radius 2 is 1.84 bits per heavy atom. The Morgan fingerprint density at radius 1 is 1.16 bits per heavy atom. The molecule has 3 heteroatoms. The van der Waals surface area contributed by atoms with E-state index in [4.69, 9.17) is 0 Å². The molecule has 1 aliphatic rings. The molecule has 2 nitrogen and oxygen atoms in total. The summed E-state index contributed by atoms with van der Waals surface area (Å²) in [4.78, 5) is 2.54. The Balaban J connectivity index is 2.05. The molecule has 2 rings (SSSR count). The van der Waals surface area contributed by atoms with Crippen molar-refractivity contribution in [1.82, 2.24) is 10.2 Å². The Hall–Kier alpha value is -0.930. The molecule has 106 valence electrons. The lowest BCUT2D eigenvalue weighted by Gasteiger charge is -2.35.